The molecule has 0 bridgehead atoms. The zero-order valence-electron chi connectivity index (χ0n) is 10.1. The molecule has 88 valence electrons. The van der Waals surface area contributed by atoms with Crippen LogP contribution in [0.5, 0.6) is 0 Å². The molecule has 1 aliphatic carbocycles. The maximum absolute atomic E-state index is 5.52. The van der Waals surface area contributed by atoms with Crippen LogP contribution in [0, 0.1) is 0 Å². The third-order valence-electron chi connectivity index (χ3n) is 3.36. The highest BCUT2D eigenvalue weighted by Crippen LogP contribution is 2.33. The number of nitrogens with zero attached hydrogens (tertiary/aromatic N) is 1. The topological polar surface area (TPSA) is 34.1 Å². The van der Waals surface area contributed by atoms with Crippen molar-refractivity contribution >= 4 is 0 Å². The smallest absolute Gasteiger partial charge is 0.0625 e. The number of pyridine rings is 1. The molecule has 16 heavy (non-hydrogen) atoms. The van der Waals surface area contributed by atoms with E-state index < -0.39 is 0 Å². The van der Waals surface area contributed by atoms with Crippen molar-refractivity contribution in [3.8, 4) is 0 Å². The number of hydrogen-bond donors (Lipinski definition) is 1. The molecular weight excluding hydrogens is 200 g/mol. The SMILES string of the molecule is CCOCC(NC)C1CCc2cccnc21. The van der Waals surface area contributed by atoms with E-state index in [2.05, 4.69) is 16.4 Å². The van der Waals surface area contributed by atoms with Gasteiger partial charge >= 0.3 is 0 Å². The molecule has 0 radical (unpaired) electrons. The summed E-state index contributed by atoms with van der Waals surface area (Å²) in [6.07, 6.45) is 4.23. The van der Waals surface area contributed by atoms with Gasteiger partial charge in [0.1, 0.15) is 0 Å². The number of rotatable bonds is 5. The highest BCUT2D eigenvalue weighted by atomic mass is 16.5. The Balaban J connectivity index is 2.10. The molecule has 0 aromatic carbocycles. The minimum Gasteiger partial charge on any atom is -0.380 e. The minimum atomic E-state index is 0.385. The van der Waals surface area contributed by atoms with Gasteiger partial charge in [0.15, 0.2) is 0 Å². The molecule has 1 aromatic rings. The summed E-state index contributed by atoms with van der Waals surface area (Å²) in [5, 5.41) is 3.35. The highest BCUT2D eigenvalue weighted by molar-refractivity contribution is 5.29. The Kier molecular flexibility index (Phi) is 3.91. The zero-order valence-corrected chi connectivity index (χ0v) is 10.1. The van der Waals surface area contributed by atoms with E-state index in [0.29, 0.717) is 12.0 Å². The normalized spacial score (nSPS) is 20.8. The Morgan fingerprint density at radius 3 is 3.25 bits per heavy atom. The maximum atomic E-state index is 5.52. The molecule has 2 rings (SSSR count). The van der Waals surface area contributed by atoms with Crippen molar-refractivity contribution in [3.63, 3.8) is 0 Å². The second-order valence-electron chi connectivity index (χ2n) is 4.25. The number of ether oxygens (including phenoxy) is 1. The largest absolute Gasteiger partial charge is 0.380 e. The fourth-order valence-electron chi connectivity index (χ4n) is 2.48. The van der Waals surface area contributed by atoms with E-state index in [1.807, 2.05) is 26.2 Å². The van der Waals surface area contributed by atoms with Crippen LogP contribution in [0.3, 0.4) is 0 Å². The average Bonchev–Trinajstić information content (AvgIpc) is 2.75. The fourth-order valence-corrected chi connectivity index (χ4v) is 2.48. The molecule has 0 saturated carbocycles. The van der Waals surface area contributed by atoms with Crippen LogP contribution in [-0.2, 0) is 11.2 Å². The van der Waals surface area contributed by atoms with Crippen molar-refractivity contribution in [1.29, 1.82) is 0 Å². The average molecular weight is 220 g/mol. The first-order valence-electron chi connectivity index (χ1n) is 6.05. The van der Waals surface area contributed by atoms with Crippen LogP contribution in [0.25, 0.3) is 0 Å². The van der Waals surface area contributed by atoms with Gasteiger partial charge in [0.25, 0.3) is 0 Å². The summed E-state index contributed by atoms with van der Waals surface area (Å²) in [7, 11) is 2.00. The lowest BCUT2D eigenvalue weighted by Gasteiger charge is -2.22. The van der Waals surface area contributed by atoms with Crippen molar-refractivity contribution in [2.24, 2.45) is 0 Å². The number of aromatic nitrogens is 1. The summed E-state index contributed by atoms with van der Waals surface area (Å²) < 4.78 is 5.52. The molecule has 1 heterocycles. The molecule has 0 spiro atoms. The zero-order chi connectivity index (χ0) is 11.4. The van der Waals surface area contributed by atoms with Crippen LogP contribution >= 0.6 is 0 Å². The summed E-state index contributed by atoms with van der Waals surface area (Å²) in [4.78, 5) is 4.52. The molecule has 0 fully saturated rings. The van der Waals surface area contributed by atoms with Crippen LogP contribution in [0.2, 0.25) is 0 Å². The van der Waals surface area contributed by atoms with Crippen molar-refractivity contribution < 1.29 is 4.74 Å². The molecule has 2 atom stereocenters. The second-order valence-corrected chi connectivity index (χ2v) is 4.25. The van der Waals surface area contributed by atoms with Crippen LogP contribution in [-0.4, -0.2) is 31.3 Å². The van der Waals surface area contributed by atoms with Crippen LogP contribution in [0.15, 0.2) is 18.3 Å². The number of hydrogen-bond acceptors (Lipinski definition) is 3. The Hall–Kier alpha value is -0.930. The summed E-state index contributed by atoms with van der Waals surface area (Å²) in [5.41, 5.74) is 2.67. The fraction of sp³-hybridized carbons (Fsp3) is 0.615. The first-order chi connectivity index (χ1) is 7.86. The molecule has 1 aromatic heterocycles. The Morgan fingerprint density at radius 1 is 1.62 bits per heavy atom. The van der Waals surface area contributed by atoms with Crippen LogP contribution < -0.4 is 5.32 Å². The first-order valence-corrected chi connectivity index (χ1v) is 6.05. The van der Waals surface area contributed by atoms with Gasteiger partial charge in [0.2, 0.25) is 0 Å². The monoisotopic (exact) mass is 220 g/mol. The van der Waals surface area contributed by atoms with Gasteiger partial charge in [-0.3, -0.25) is 4.98 Å². The molecule has 0 saturated heterocycles. The lowest BCUT2D eigenvalue weighted by Crippen LogP contribution is -2.36. The third kappa shape index (κ3) is 2.25. The molecule has 2 unspecified atom stereocenters. The molecular formula is C13H20N2O. The van der Waals surface area contributed by atoms with Crippen molar-refractivity contribution in [2.75, 3.05) is 20.3 Å². The van der Waals surface area contributed by atoms with E-state index in [0.717, 1.165) is 19.6 Å². The van der Waals surface area contributed by atoms with Gasteiger partial charge in [-0.25, -0.2) is 0 Å². The molecule has 0 aliphatic heterocycles. The van der Waals surface area contributed by atoms with Crippen molar-refractivity contribution in [1.82, 2.24) is 10.3 Å². The predicted molar refractivity (Wildman–Crippen MR) is 64.6 cm³/mol. The first kappa shape index (κ1) is 11.6. The number of nitrogens with one attached hydrogen (secondary N) is 1. The Labute approximate surface area is 97.2 Å². The number of aryl methyl sites for hydroxylation is 1. The standard InChI is InChI=1S/C13H20N2O/c1-3-16-9-12(14-2)11-7-6-10-5-4-8-15-13(10)11/h4-5,8,11-12,14H,3,6-7,9H2,1-2H3. The number of likely N-dealkylation sites (N-methyl/N-ethyl adjacent to an activating group) is 1. The summed E-state index contributed by atoms with van der Waals surface area (Å²) in [5.74, 6) is 0.507. The minimum absolute atomic E-state index is 0.385. The quantitative estimate of drug-likeness (QED) is 0.820. The van der Waals surface area contributed by atoms with Crippen LogP contribution in [0.4, 0.5) is 0 Å². The summed E-state index contributed by atoms with van der Waals surface area (Å²) >= 11 is 0. The summed E-state index contributed by atoms with van der Waals surface area (Å²) in [6, 6.07) is 4.60. The van der Waals surface area contributed by atoms with Crippen molar-refractivity contribution in [2.45, 2.75) is 31.7 Å². The Bertz CT molecular complexity index is 340. The second kappa shape index (κ2) is 5.41. The van der Waals surface area contributed by atoms with Gasteiger partial charge < -0.3 is 10.1 Å². The van der Waals surface area contributed by atoms with Gasteiger partial charge in [-0.05, 0) is 38.4 Å². The van der Waals surface area contributed by atoms with E-state index in [1.54, 1.807) is 0 Å². The summed E-state index contributed by atoms with van der Waals surface area (Å²) in [6.45, 7) is 3.58. The lowest BCUT2D eigenvalue weighted by molar-refractivity contribution is 0.116. The van der Waals surface area contributed by atoms with Gasteiger partial charge in [-0.2, -0.15) is 0 Å². The lowest BCUT2D eigenvalue weighted by atomic mass is 9.97. The van der Waals surface area contributed by atoms with E-state index in [1.165, 1.54) is 17.7 Å². The van der Waals surface area contributed by atoms with Gasteiger partial charge in [0.05, 0.1) is 6.61 Å². The van der Waals surface area contributed by atoms with Crippen LogP contribution in [0.1, 0.15) is 30.5 Å². The predicted octanol–water partition coefficient (Wildman–Crippen LogP) is 1.74. The van der Waals surface area contributed by atoms with Gasteiger partial charge in [-0.15, -0.1) is 0 Å². The van der Waals surface area contributed by atoms with Gasteiger partial charge in [0, 0.05) is 30.5 Å². The molecule has 3 heteroatoms. The van der Waals surface area contributed by atoms with E-state index in [9.17, 15) is 0 Å². The van der Waals surface area contributed by atoms with E-state index in [-0.39, 0.29) is 0 Å². The van der Waals surface area contributed by atoms with E-state index >= 15 is 0 Å². The highest BCUT2D eigenvalue weighted by Gasteiger charge is 2.29. The van der Waals surface area contributed by atoms with E-state index in [4.69, 9.17) is 4.74 Å². The third-order valence-corrected chi connectivity index (χ3v) is 3.36. The van der Waals surface area contributed by atoms with Gasteiger partial charge in [-0.1, -0.05) is 6.07 Å². The maximum Gasteiger partial charge on any atom is 0.0625 e. The molecule has 1 aliphatic rings. The molecule has 0 amide bonds. The molecule has 3 nitrogen and oxygen atoms in total. The molecule has 1 N–H and O–H groups in total. The number of fused-ring (bicyclic) bond motifs is 1. The Morgan fingerprint density at radius 2 is 2.50 bits per heavy atom. The van der Waals surface area contributed by atoms with Crippen molar-refractivity contribution in [3.05, 3.63) is 29.6 Å².